The van der Waals surface area contributed by atoms with Crippen LogP contribution in [0.3, 0.4) is 0 Å². The first-order valence-corrected chi connectivity index (χ1v) is 11.1. The van der Waals surface area contributed by atoms with Crippen molar-refractivity contribution in [1.82, 2.24) is 9.62 Å². The van der Waals surface area contributed by atoms with Crippen LogP contribution in [0.5, 0.6) is 0 Å². The lowest BCUT2D eigenvalue weighted by Gasteiger charge is -2.30. The number of hydrogen-bond donors (Lipinski definition) is 1. The molecule has 1 aromatic carbocycles. The first kappa shape index (κ1) is 19.4. The summed E-state index contributed by atoms with van der Waals surface area (Å²) in [6, 6.07) is 10.0. The summed E-state index contributed by atoms with van der Waals surface area (Å²) >= 11 is 1.30. The van der Waals surface area contributed by atoms with Crippen molar-refractivity contribution in [2.75, 3.05) is 39.1 Å². The second kappa shape index (κ2) is 7.68. The number of rotatable bonds is 6. The van der Waals surface area contributed by atoms with E-state index < -0.39 is 10.0 Å². The molecule has 0 spiro atoms. The molecule has 2 aromatic rings. The van der Waals surface area contributed by atoms with E-state index in [0.717, 1.165) is 29.8 Å². The van der Waals surface area contributed by atoms with Gasteiger partial charge in [-0.3, -0.25) is 0 Å². The Balaban J connectivity index is 1.80. The highest BCUT2D eigenvalue weighted by Crippen LogP contribution is 2.30. The fraction of sp³-hybridized carbons (Fsp3) is 0.474. The van der Waals surface area contributed by atoms with Crippen molar-refractivity contribution in [3.05, 3.63) is 46.3 Å². The van der Waals surface area contributed by atoms with Gasteiger partial charge in [-0.1, -0.05) is 12.1 Å². The van der Waals surface area contributed by atoms with Gasteiger partial charge in [-0.15, -0.1) is 11.3 Å². The second-order valence-electron chi connectivity index (χ2n) is 7.11. The Morgan fingerprint density at radius 3 is 2.69 bits per heavy atom. The Kier molecular flexibility index (Phi) is 5.72. The minimum Gasteiger partial charge on any atom is -0.374 e. The van der Waals surface area contributed by atoms with E-state index in [2.05, 4.69) is 39.8 Å². The van der Waals surface area contributed by atoms with Crippen LogP contribution in [0.2, 0.25) is 0 Å². The molecular weight excluding hydrogens is 366 g/mol. The van der Waals surface area contributed by atoms with Gasteiger partial charge in [-0.25, -0.2) is 13.1 Å². The SMILES string of the molecule is Cc1ccc(S(=O)(=O)NC[C@H](c2ccc3c(c2)CCCN3C)N(C)C)s1. The molecule has 0 fully saturated rings. The first-order valence-electron chi connectivity index (χ1n) is 8.84. The molecule has 1 aromatic heterocycles. The molecule has 142 valence electrons. The molecule has 1 N–H and O–H groups in total. The third-order valence-electron chi connectivity index (χ3n) is 4.91. The van der Waals surface area contributed by atoms with E-state index in [-0.39, 0.29) is 6.04 Å². The molecule has 26 heavy (non-hydrogen) atoms. The van der Waals surface area contributed by atoms with Crippen LogP contribution >= 0.6 is 11.3 Å². The molecule has 0 saturated heterocycles. The van der Waals surface area contributed by atoms with E-state index in [1.54, 1.807) is 6.07 Å². The molecule has 1 aliphatic rings. The standard InChI is InChI=1S/C19H27N3O2S2/c1-14-7-10-19(25-14)26(23,24)20-13-18(21(2)3)16-8-9-17-15(12-16)6-5-11-22(17)4/h7-10,12,18,20H,5-6,11,13H2,1-4H3/t18-/m1/s1. The molecule has 0 unspecified atom stereocenters. The molecule has 0 aliphatic carbocycles. The molecule has 0 amide bonds. The fourth-order valence-corrected chi connectivity index (χ4v) is 5.79. The van der Waals surface area contributed by atoms with Crippen LogP contribution in [0.15, 0.2) is 34.5 Å². The number of sulfonamides is 1. The minimum atomic E-state index is -3.47. The van der Waals surface area contributed by atoms with E-state index in [1.807, 2.05) is 27.1 Å². The average Bonchev–Trinajstić information content (AvgIpc) is 3.02. The van der Waals surface area contributed by atoms with Gasteiger partial charge in [0, 0.05) is 36.7 Å². The van der Waals surface area contributed by atoms with Gasteiger partial charge < -0.3 is 9.80 Å². The quantitative estimate of drug-likeness (QED) is 0.820. The van der Waals surface area contributed by atoms with Crippen LogP contribution < -0.4 is 9.62 Å². The van der Waals surface area contributed by atoms with Crippen LogP contribution in [0.4, 0.5) is 5.69 Å². The number of likely N-dealkylation sites (N-methyl/N-ethyl adjacent to an activating group) is 1. The zero-order chi connectivity index (χ0) is 18.9. The number of hydrogen-bond acceptors (Lipinski definition) is 5. The Morgan fingerprint density at radius 2 is 2.04 bits per heavy atom. The molecule has 3 rings (SSSR count). The van der Waals surface area contributed by atoms with E-state index in [1.165, 1.54) is 22.6 Å². The Bertz CT molecular complexity index is 875. The van der Waals surface area contributed by atoms with Gasteiger partial charge in [0.2, 0.25) is 10.0 Å². The van der Waals surface area contributed by atoms with E-state index in [9.17, 15) is 8.42 Å². The maximum Gasteiger partial charge on any atom is 0.250 e. The van der Waals surface area contributed by atoms with Crippen LogP contribution in [-0.4, -0.2) is 47.6 Å². The summed E-state index contributed by atoms with van der Waals surface area (Å²) in [5.74, 6) is 0. The normalized spacial score (nSPS) is 16.0. The van der Waals surface area contributed by atoms with Crippen molar-refractivity contribution in [2.24, 2.45) is 0 Å². The summed E-state index contributed by atoms with van der Waals surface area (Å²) in [6.45, 7) is 3.35. The van der Waals surface area contributed by atoms with Gasteiger partial charge >= 0.3 is 0 Å². The molecule has 1 atom stereocenters. The molecule has 0 radical (unpaired) electrons. The number of nitrogens with one attached hydrogen (secondary N) is 1. The molecular formula is C19H27N3O2S2. The van der Waals surface area contributed by atoms with E-state index >= 15 is 0 Å². The number of anilines is 1. The summed E-state index contributed by atoms with van der Waals surface area (Å²) < 4.78 is 28.3. The van der Waals surface area contributed by atoms with Gasteiger partial charge in [-0.05, 0) is 63.2 Å². The molecule has 1 aliphatic heterocycles. The number of nitrogens with zero attached hydrogens (tertiary/aromatic N) is 2. The maximum absolute atomic E-state index is 12.6. The highest BCUT2D eigenvalue weighted by molar-refractivity contribution is 7.91. The highest BCUT2D eigenvalue weighted by Gasteiger charge is 2.22. The average molecular weight is 394 g/mol. The smallest absolute Gasteiger partial charge is 0.250 e. The van der Waals surface area contributed by atoms with Crippen LogP contribution in [-0.2, 0) is 16.4 Å². The molecule has 2 heterocycles. The van der Waals surface area contributed by atoms with Crippen molar-refractivity contribution in [2.45, 2.75) is 30.0 Å². The summed E-state index contributed by atoms with van der Waals surface area (Å²) in [7, 11) is 2.63. The molecule has 0 saturated carbocycles. The molecule has 0 bridgehead atoms. The third-order valence-corrected chi connectivity index (χ3v) is 7.83. The largest absolute Gasteiger partial charge is 0.374 e. The van der Waals surface area contributed by atoms with Crippen molar-refractivity contribution in [3.8, 4) is 0 Å². The van der Waals surface area contributed by atoms with E-state index in [4.69, 9.17) is 0 Å². The lowest BCUT2D eigenvalue weighted by Crippen LogP contribution is -2.34. The lowest BCUT2D eigenvalue weighted by molar-refractivity contribution is 0.299. The number of benzene rings is 1. The van der Waals surface area contributed by atoms with E-state index in [0.29, 0.717) is 10.8 Å². The Hall–Kier alpha value is -1.41. The van der Waals surface area contributed by atoms with Crippen LogP contribution in [0.25, 0.3) is 0 Å². The van der Waals surface area contributed by atoms with Crippen LogP contribution in [0, 0.1) is 6.92 Å². The zero-order valence-electron chi connectivity index (χ0n) is 15.8. The highest BCUT2D eigenvalue weighted by atomic mass is 32.2. The van der Waals surface area contributed by atoms with Crippen molar-refractivity contribution in [1.29, 1.82) is 0 Å². The summed E-state index contributed by atoms with van der Waals surface area (Å²) in [6.07, 6.45) is 2.23. The third kappa shape index (κ3) is 4.11. The topological polar surface area (TPSA) is 52.7 Å². The zero-order valence-corrected chi connectivity index (χ0v) is 17.5. The van der Waals surface area contributed by atoms with Crippen LogP contribution in [0.1, 0.15) is 28.5 Å². The Labute approximate surface area is 160 Å². The van der Waals surface area contributed by atoms with Crippen molar-refractivity contribution < 1.29 is 8.42 Å². The van der Waals surface area contributed by atoms with Crippen molar-refractivity contribution in [3.63, 3.8) is 0 Å². The van der Waals surface area contributed by atoms with Gasteiger partial charge in [0.1, 0.15) is 4.21 Å². The summed E-state index contributed by atoms with van der Waals surface area (Å²) in [4.78, 5) is 5.35. The van der Waals surface area contributed by atoms with Crippen molar-refractivity contribution >= 4 is 27.0 Å². The fourth-order valence-electron chi connectivity index (χ4n) is 3.43. The number of thiophene rings is 1. The lowest BCUT2D eigenvalue weighted by atomic mass is 9.96. The van der Waals surface area contributed by atoms with Gasteiger partial charge in [0.25, 0.3) is 0 Å². The first-order chi connectivity index (χ1) is 12.3. The Morgan fingerprint density at radius 1 is 1.27 bits per heavy atom. The maximum atomic E-state index is 12.6. The predicted molar refractivity (Wildman–Crippen MR) is 109 cm³/mol. The van der Waals surface area contributed by atoms with Gasteiger partial charge in [-0.2, -0.15) is 0 Å². The molecule has 7 heteroatoms. The van der Waals surface area contributed by atoms with Gasteiger partial charge in [0.05, 0.1) is 0 Å². The predicted octanol–water partition coefficient (Wildman–Crippen LogP) is 3.02. The number of aryl methyl sites for hydroxylation is 2. The second-order valence-corrected chi connectivity index (χ2v) is 10.4. The monoisotopic (exact) mass is 393 g/mol. The number of fused-ring (bicyclic) bond motifs is 1. The minimum absolute atomic E-state index is 0.0108. The van der Waals surface area contributed by atoms with Gasteiger partial charge in [0.15, 0.2) is 0 Å². The summed E-state index contributed by atoms with van der Waals surface area (Å²) in [5.41, 5.74) is 3.78. The molecule has 5 nitrogen and oxygen atoms in total. The summed E-state index contributed by atoms with van der Waals surface area (Å²) in [5, 5.41) is 0.